The van der Waals surface area contributed by atoms with Crippen LogP contribution in [0, 0.1) is 13.8 Å². The van der Waals surface area contributed by atoms with E-state index in [-0.39, 0.29) is 11.7 Å². The lowest BCUT2D eigenvalue weighted by atomic mass is 10.2. The fourth-order valence-corrected chi connectivity index (χ4v) is 4.99. The zero-order chi connectivity index (χ0) is 22.1. The quantitative estimate of drug-likeness (QED) is 0.398. The summed E-state index contributed by atoms with van der Waals surface area (Å²) in [6, 6.07) is 13.3. The Hall–Kier alpha value is -3.16. The molecule has 0 radical (unpaired) electrons. The molecule has 1 amide bonds. The van der Waals surface area contributed by atoms with Gasteiger partial charge in [0.05, 0.1) is 18.1 Å². The number of thiazole rings is 1. The van der Waals surface area contributed by atoms with E-state index >= 15 is 0 Å². The molecule has 4 aromatic rings. The zero-order valence-corrected chi connectivity index (χ0v) is 18.9. The Morgan fingerprint density at radius 3 is 2.81 bits per heavy atom. The van der Waals surface area contributed by atoms with Crippen LogP contribution in [0.5, 0.6) is 0 Å². The van der Waals surface area contributed by atoms with Crippen LogP contribution in [0.3, 0.4) is 0 Å². The van der Waals surface area contributed by atoms with Crippen molar-refractivity contribution in [2.75, 3.05) is 11.9 Å². The first-order valence-corrected chi connectivity index (χ1v) is 11.7. The molecule has 7 heteroatoms. The first-order valence-electron chi connectivity index (χ1n) is 10.8. The molecule has 164 valence electrons. The van der Waals surface area contributed by atoms with Crippen molar-refractivity contribution in [2.24, 2.45) is 0 Å². The molecule has 0 bridgehead atoms. The van der Waals surface area contributed by atoms with Gasteiger partial charge in [-0.15, -0.1) is 11.3 Å². The van der Waals surface area contributed by atoms with Crippen LogP contribution in [0.25, 0.3) is 21.8 Å². The first-order chi connectivity index (χ1) is 15.6. The average Bonchev–Trinajstić information content (AvgIpc) is 3.59. The van der Waals surface area contributed by atoms with Gasteiger partial charge in [0.1, 0.15) is 5.01 Å². The van der Waals surface area contributed by atoms with Crippen molar-refractivity contribution in [1.82, 2.24) is 9.55 Å². The molecule has 5 rings (SSSR count). The maximum atomic E-state index is 12.1. The lowest BCUT2D eigenvalue weighted by Gasteiger charge is -2.14. The number of nitrogens with zero attached hydrogens (tertiary/aromatic N) is 2. The number of hydrogen-bond acceptors (Lipinski definition) is 5. The van der Waals surface area contributed by atoms with E-state index < -0.39 is 0 Å². The number of hydrogen-bond donors (Lipinski definition) is 1. The summed E-state index contributed by atoms with van der Waals surface area (Å²) in [7, 11) is 0. The van der Waals surface area contributed by atoms with Crippen molar-refractivity contribution in [2.45, 2.75) is 39.3 Å². The maximum absolute atomic E-state index is 12.1. The highest BCUT2D eigenvalue weighted by atomic mass is 32.1. The lowest BCUT2D eigenvalue weighted by Crippen LogP contribution is -2.16. The maximum Gasteiger partial charge on any atom is 0.291 e. The van der Waals surface area contributed by atoms with Gasteiger partial charge in [0.2, 0.25) is 0 Å². The van der Waals surface area contributed by atoms with E-state index in [4.69, 9.17) is 14.1 Å². The monoisotopic (exact) mass is 447 g/mol. The number of furan rings is 1. The van der Waals surface area contributed by atoms with Crippen LogP contribution in [-0.4, -0.2) is 28.2 Å². The van der Waals surface area contributed by atoms with Crippen molar-refractivity contribution in [3.8, 4) is 21.8 Å². The molecule has 0 spiro atoms. The van der Waals surface area contributed by atoms with Crippen molar-refractivity contribution in [3.63, 3.8) is 0 Å². The Bertz CT molecular complexity index is 1220. The second-order valence-corrected chi connectivity index (χ2v) is 8.94. The fourth-order valence-electron chi connectivity index (χ4n) is 4.16. The molecule has 1 aliphatic rings. The third-order valence-electron chi connectivity index (χ3n) is 5.90. The van der Waals surface area contributed by atoms with Crippen LogP contribution in [0.1, 0.15) is 34.8 Å². The lowest BCUT2D eigenvalue weighted by molar-refractivity contribution is 0.0962. The zero-order valence-electron chi connectivity index (χ0n) is 18.1. The van der Waals surface area contributed by atoms with Gasteiger partial charge < -0.3 is 19.0 Å². The number of anilines is 1. The summed E-state index contributed by atoms with van der Waals surface area (Å²) < 4.78 is 13.3. The summed E-state index contributed by atoms with van der Waals surface area (Å²) in [6.45, 7) is 6.08. The minimum atomic E-state index is -0.266. The second-order valence-electron chi connectivity index (χ2n) is 8.08. The molecule has 1 N–H and O–H groups in total. The third kappa shape index (κ3) is 4.13. The standard InChI is InChI=1S/C25H25N3O3S/c1-16-13-21(17(2)28(16)14-20-5-3-11-30-20)22-15-32-25(27-22)18-7-9-19(10-8-18)26-24(29)23-6-4-12-31-23/h4,6-10,12-13,15,20H,3,5,11,14H2,1-2H3,(H,26,29)/t20-/m1/s1. The van der Waals surface area contributed by atoms with Gasteiger partial charge in [-0.2, -0.15) is 0 Å². The number of amides is 1. The molecule has 1 saturated heterocycles. The van der Waals surface area contributed by atoms with Crippen LogP contribution < -0.4 is 5.32 Å². The largest absolute Gasteiger partial charge is 0.459 e. The Labute approximate surface area is 190 Å². The normalized spacial score (nSPS) is 15.9. The number of benzene rings is 1. The molecule has 1 aromatic carbocycles. The Kier molecular flexibility index (Phi) is 5.68. The van der Waals surface area contributed by atoms with Crippen LogP contribution in [0.4, 0.5) is 5.69 Å². The molecule has 1 aliphatic heterocycles. The van der Waals surface area contributed by atoms with Crippen LogP contribution in [0.15, 0.2) is 58.5 Å². The van der Waals surface area contributed by atoms with Gasteiger partial charge in [0.15, 0.2) is 5.76 Å². The number of rotatable bonds is 6. The number of ether oxygens (including phenoxy) is 1. The molecule has 3 aromatic heterocycles. The predicted octanol–water partition coefficient (Wildman–Crippen LogP) is 5.92. The Balaban J connectivity index is 1.32. The summed E-state index contributed by atoms with van der Waals surface area (Å²) in [6.07, 6.45) is 4.08. The van der Waals surface area contributed by atoms with Gasteiger partial charge in [-0.05, 0) is 69.2 Å². The first kappa shape index (κ1) is 20.7. The number of aryl methyl sites for hydroxylation is 1. The number of carbonyl (C=O) groups is 1. The van der Waals surface area contributed by atoms with Crippen molar-refractivity contribution < 1.29 is 13.9 Å². The Morgan fingerprint density at radius 2 is 2.09 bits per heavy atom. The molecule has 6 nitrogen and oxygen atoms in total. The number of aromatic nitrogens is 2. The summed E-state index contributed by atoms with van der Waals surface area (Å²) in [5.41, 5.74) is 6.36. The summed E-state index contributed by atoms with van der Waals surface area (Å²) in [4.78, 5) is 17.0. The van der Waals surface area contributed by atoms with E-state index in [2.05, 4.69) is 35.2 Å². The predicted molar refractivity (Wildman–Crippen MR) is 126 cm³/mol. The molecular formula is C25H25N3O3S. The van der Waals surface area contributed by atoms with E-state index in [1.807, 2.05) is 24.3 Å². The van der Waals surface area contributed by atoms with Crippen molar-refractivity contribution in [3.05, 3.63) is 71.3 Å². The average molecular weight is 448 g/mol. The van der Waals surface area contributed by atoms with Gasteiger partial charge in [-0.1, -0.05) is 0 Å². The minimum absolute atomic E-state index is 0.266. The summed E-state index contributed by atoms with van der Waals surface area (Å²) in [5, 5.41) is 5.90. The highest BCUT2D eigenvalue weighted by molar-refractivity contribution is 7.13. The smallest absolute Gasteiger partial charge is 0.291 e. The molecule has 4 heterocycles. The van der Waals surface area contributed by atoms with Gasteiger partial charge in [0, 0.05) is 46.7 Å². The van der Waals surface area contributed by atoms with E-state index in [1.54, 1.807) is 23.5 Å². The number of carbonyl (C=O) groups excluding carboxylic acids is 1. The molecule has 1 fully saturated rings. The van der Waals surface area contributed by atoms with Gasteiger partial charge in [-0.3, -0.25) is 4.79 Å². The van der Waals surface area contributed by atoms with Crippen molar-refractivity contribution in [1.29, 1.82) is 0 Å². The molecular weight excluding hydrogens is 422 g/mol. The molecule has 0 unspecified atom stereocenters. The van der Waals surface area contributed by atoms with Crippen LogP contribution >= 0.6 is 11.3 Å². The third-order valence-corrected chi connectivity index (χ3v) is 6.79. The molecule has 1 atom stereocenters. The molecule has 0 saturated carbocycles. The van der Waals surface area contributed by atoms with Gasteiger partial charge >= 0.3 is 0 Å². The highest BCUT2D eigenvalue weighted by Crippen LogP contribution is 2.33. The second kappa shape index (κ2) is 8.76. The van der Waals surface area contributed by atoms with Gasteiger partial charge in [-0.25, -0.2) is 4.98 Å². The minimum Gasteiger partial charge on any atom is -0.459 e. The van der Waals surface area contributed by atoms with Crippen LogP contribution in [0.2, 0.25) is 0 Å². The highest BCUT2D eigenvalue weighted by Gasteiger charge is 2.20. The van der Waals surface area contributed by atoms with Crippen molar-refractivity contribution >= 4 is 22.9 Å². The Morgan fingerprint density at radius 1 is 1.25 bits per heavy atom. The topological polar surface area (TPSA) is 69.3 Å². The molecule has 0 aliphatic carbocycles. The summed E-state index contributed by atoms with van der Waals surface area (Å²) >= 11 is 1.62. The van der Waals surface area contributed by atoms with Gasteiger partial charge in [0.25, 0.3) is 5.91 Å². The SMILES string of the molecule is Cc1cc(-c2csc(-c3ccc(NC(=O)c4ccco4)cc3)n2)c(C)n1C[C@H]1CCCO1. The van der Waals surface area contributed by atoms with E-state index in [0.717, 1.165) is 42.3 Å². The van der Waals surface area contributed by atoms with E-state index in [9.17, 15) is 4.79 Å². The van der Waals surface area contributed by atoms with E-state index in [0.29, 0.717) is 11.8 Å². The number of nitrogens with one attached hydrogen (secondary N) is 1. The molecule has 32 heavy (non-hydrogen) atoms. The van der Waals surface area contributed by atoms with Crippen LogP contribution in [-0.2, 0) is 11.3 Å². The van der Waals surface area contributed by atoms with E-state index in [1.165, 1.54) is 23.2 Å². The summed E-state index contributed by atoms with van der Waals surface area (Å²) in [5.74, 6) is 0.0216. The fraction of sp³-hybridized carbons (Fsp3) is 0.280.